The number of hydrogen-bond acceptors (Lipinski definition) is 2. The molecule has 1 atom stereocenters. The van der Waals surface area contributed by atoms with Crippen molar-refractivity contribution < 1.29 is 13.5 Å². The Bertz CT molecular complexity index is 502. The highest BCUT2D eigenvalue weighted by atomic mass is 19.3. The summed E-state index contributed by atoms with van der Waals surface area (Å²) >= 11 is 0. The van der Waals surface area contributed by atoms with Gasteiger partial charge < -0.3 is 10.5 Å². The van der Waals surface area contributed by atoms with Crippen molar-refractivity contribution >= 4 is 0 Å². The minimum atomic E-state index is -2.62. The molecule has 2 nitrogen and oxygen atoms in total. The monoisotopic (exact) mass is 249 g/mol. The second kappa shape index (κ2) is 5.60. The molecule has 0 aliphatic rings. The molecule has 2 rings (SSSR count). The molecule has 0 spiro atoms. The van der Waals surface area contributed by atoms with E-state index in [1.165, 1.54) is 0 Å². The standard InChI is InChI=1S/C14H13F2NO/c15-14(16)13(17)11-8-4-5-9-12(11)18-10-6-2-1-3-7-10/h1-9,13-14H,17H2. The van der Waals surface area contributed by atoms with E-state index in [-0.39, 0.29) is 0 Å². The lowest BCUT2D eigenvalue weighted by Crippen LogP contribution is -2.19. The Balaban J connectivity index is 2.28. The summed E-state index contributed by atoms with van der Waals surface area (Å²) in [6, 6.07) is 14.2. The molecule has 94 valence electrons. The van der Waals surface area contributed by atoms with Gasteiger partial charge in [-0.3, -0.25) is 0 Å². The average Bonchev–Trinajstić information content (AvgIpc) is 2.39. The first-order chi connectivity index (χ1) is 8.68. The fourth-order valence-corrected chi connectivity index (χ4v) is 1.60. The summed E-state index contributed by atoms with van der Waals surface area (Å²) in [5.41, 5.74) is 5.76. The minimum Gasteiger partial charge on any atom is -0.457 e. The molecule has 0 aliphatic carbocycles. The quantitative estimate of drug-likeness (QED) is 0.895. The minimum absolute atomic E-state index is 0.302. The van der Waals surface area contributed by atoms with Crippen LogP contribution in [0.5, 0.6) is 11.5 Å². The van der Waals surface area contributed by atoms with Crippen LogP contribution >= 0.6 is 0 Å². The Labute approximate surface area is 104 Å². The SMILES string of the molecule is NC(c1ccccc1Oc1ccccc1)C(F)F. The van der Waals surface area contributed by atoms with Crippen molar-refractivity contribution in [1.82, 2.24) is 0 Å². The molecular formula is C14H13F2NO. The number of hydrogen-bond donors (Lipinski definition) is 1. The van der Waals surface area contributed by atoms with Crippen LogP contribution < -0.4 is 10.5 Å². The van der Waals surface area contributed by atoms with Gasteiger partial charge in [-0.05, 0) is 18.2 Å². The van der Waals surface area contributed by atoms with Gasteiger partial charge in [0, 0.05) is 5.56 Å². The Morgan fingerprint density at radius 3 is 2.17 bits per heavy atom. The third-order valence-electron chi connectivity index (χ3n) is 2.52. The summed E-state index contributed by atoms with van der Waals surface area (Å²) in [6.45, 7) is 0. The van der Waals surface area contributed by atoms with E-state index in [0.29, 0.717) is 17.1 Å². The van der Waals surface area contributed by atoms with Crippen molar-refractivity contribution in [3.05, 3.63) is 60.2 Å². The van der Waals surface area contributed by atoms with E-state index in [9.17, 15) is 8.78 Å². The molecule has 0 aliphatic heterocycles. The van der Waals surface area contributed by atoms with E-state index in [1.54, 1.807) is 36.4 Å². The lowest BCUT2D eigenvalue weighted by atomic mass is 10.1. The molecule has 2 aromatic carbocycles. The van der Waals surface area contributed by atoms with Gasteiger partial charge in [0.2, 0.25) is 0 Å². The second-order valence-electron chi connectivity index (χ2n) is 3.81. The lowest BCUT2D eigenvalue weighted by molar-refractivity contribution is 0.115. The van der Waals surface area contributed by atoms with Gasteiger partial charge in [-0.15, -0.1) is 0 Å². The molecular weight excluding hydrogens is 236 g/mol. The van der Waals surface area contributed by atoms with Crippen LogP contribution in [0.3, 0.4) is 0 Å². The van der Waals surface area contributed by atoms with Crippen molar-refractivity contribution in [2.45, 2.75) is 12.5 Å². The highest BCUT2D eigenvalue weighted by molar-refractivity contribution is 5.39. The van der Waals surface area contributed by atoms with Gasteiger partial charge in [0.05, 0.1) is 6.04 Å². The Kier molecular flexibility index (Phi) is 3.89. The van der Waals surface area contributed by atoms with Crippen LogP contribution in [-0.2, 0) is 0 Å². The Morgan fingerprint density at radius 1 is 0.889 bits per heavy atom. The first-order valence-corrected chi connectivity index (χ1v) is 5.54. The third kappa shape index (κ3) is 2.84. The number of halogens is 2. The predicted molar refractivity (Wildman–Crippen MR) is 65.9 cm³/mol. The fourth-order valence-electron chi connectivity index (χ4n) is 1.60. The number of ether oxygens (including phenoxy) is 1. The van der Waals surface area contributed by atoms with Crippen LogP contribution in [0.1, 0.15) is 11.6 Å². The molecule has 0 radical (unpaired) electrons. The molecule has 2 aromatic rings. The van der Waals surface area contributed by atoms with Crippen molar-refractivity contribution in [3.8, 4) is 11.5 Å². The van der Waals surface area contributed by atoms with Crippen molar-refractivity contribution in [1.29, 1.82) is 0 Å². The van der Waals surface area contributed by atoms with Crippen LogP contribution in [0.4, 0.5) is 8.78 Å². The van der Waals surface area contributed by atoms with E-state index in [1.807, 2.05) is 18.2 Å². The summed E-state index contributed by atoms with van der Waals surface area (Å²) < 4.78 is 30.9. The summed E-state index contributed by atoms with van der Waals surface area (Å²) in [5.74, 6) is 0.947. The van der Waals surface area contributed by atoms with Crippen LogP contribution in [0.2, 0.25) is 0 Å². The van der Waals surface area contributed by atoms with Crippen LogP contribution in [0, 0.1) is 0 Å². The van der Waals surface area contributed by atoms with Gasteiger partial charge in [-0.25, -0.2) is 8.78 Å². The molecule has 0 bridgehead atoms. The number of benzene rings is 2. The zero-order chi connectivity index (χ0) is 13.0. The Morgan fingerprint density at radius 2 is 1.50 bits per heavy atom. The maximum Gasteiger partial charge on any atom is 0.257 e. The summed E-state index contributed by atoms with van der Waals surface area (Å²) in [4.78, 5) is 0. The van der Waals surface area contributed by atoms with Gasteiger partial charge in [-0.2, -0.15) is 0 Å². The molecule has 4 heteroatoms. The highest BCUT2D eigenvalue weighted by Crippen LogP contribution is 2.30. The van der Waals surface area contributed by atoms with Gasteiger partial charge >= 0.3 is 0 Å². The zero-order valence-electron chi connectivity index (χ0n) is 9.59. The van der Waals surface area contributed by atoms with Crippen LogP contribution in [-0.4, -0.2) is 6.43 Å². The first-order valence-electron chi connectivity index (χ1n) is 5.54. The highest BCUT2D eigenvalue weighted by Gasteiger charge is 2.21. The van der Waals surface area contributed by atoms with Gasteiger partial charge in [0.25, 0.3) is 6.43 Å². The first kappa shape index (κ1) is 12.5. The molecule has 0 aromatic heterocycles. The number of nitrogens with two attached hydrogens (primary N) is 1. The zero-order valence-corrected chi connectivity index (χ0v) is 9.59. The normalized spacial score (nSPS) is 12.4. The lowest BCUT2D eigenvalue weighted by Gasteiger charge is -2.15. The molecule has 0 fully saturated rings. The molecule has 18 heavy (non-hydrogen) atoms. The van der Waals surface area contributed by atoms with Crippen molar-refractivity contribution in [3.63, 3.8) is 0 Å². The summed E-state index contributed by atoms with van der Waals surface area (Å²) in [5, 5.41) is 0. The molecule has 0 saturated carbocycles. The topological polar surface area (TPSA) is 35.2 Å². The van der Waals surface area contributed by atoms with E-state index in [0.717, 1.165) is 0 Å². The predicted octanol–water partition coefficient (Wildman–Crippen LogP) is 3.74. The molecule has 0 heterocycles. The second-order valence-corrected chi connectivity index (χ2v) is 3.81. The van der Waals surface area contributed by atoms with Gasteiger partial charge in [0.15, 0.2) is 0 Å². The van der Waals surface area contributed by atoms with Gasteiger partial charge in [-0.1, -0.05) is 36.4 Å². The maximum absolute atomic E-state index is 12.7. The average molecular weight is 249 g/mol. The van der Waals surface area contributed by atoms with E-state index in [4.69, 9.17) is 10.5 Å². The number of para-hydroxylation sites is 2. The summed E-state index contributed by atoms with van der Waals surface area (Å²) in [6.07, 6.45) is -2.62. The number of alkyl halides is 2. The largest absolute Gasteiger partial charge is 0.457 e. The summed E-state index contributed by atoms with van der Waals surface area (Å²) in [7, 11) is 0. The van der Waals surface area contributed by atoms with E-state index < -0.39 is 12.5 Å². The molecule has 1 unspecified atom stereocenters. The van der Waals surface area contributed by atoms with Crippen LogP contribution in [0.15, 0.2) is 54.6 Å². The Hall–Kier alpha value is -1.94. The molecule has 0 saturated heterocycles. The van der Waals surface area contributed by atoms with Crippen molar-refractivity contribution in [2.75, 3.05) is 0 Å². The molecule has 2 N–H and O–H groups in total. The maximum atomic E-state index is 12.7. The third-order valence-corrected chi connectivity index (χ3v) is 2.52. The smallest absolute Gasteiger partial charge is 0.257 e. The fraction of sp³-hybridized carbons (Fsp3) is 0.143. The van der Waals surface area contributed by atoms with Crippen LogP contribution in [0.25, 0.3) is 0 Å². The number of rotatable bonds is 4. The van der Waals surface area contributed by atoms with Gasteiger partial charge in [0.1, 0.15) is 11.5 Å². The van der Waals surface area contributed by atoms with Crippen molar-refractivity contribution in [2.24, 2.45) is 5.73 Å². The molecule has 0 amide bonds. The van der Waals surface area contributed by atoms with E-state index in [2.05, 4.69) is 0 Å². The van der Waals surface area contributed by atoms with E-state index >= 15 is 0 Å².